The summed E-state index contributed by atoms with van der Waals surface area (Å²) in [4.78, 5) is 11.4. The summed E-state index contributed by atoms with van der Waals surface area (Å²) in [7, 11) is 0. The molecule has 5 nitrogen and oxygen atoms in total. The summed E-state index contributed by atoms with van der Waals surface area (Å²) in [5.74, 6) is 0. The highest BCUT2D eigenvalue weighted by molar-refractivity contribution is 5.73. The van der Waals surface area contributed by atoms with Crippen LogP contribution in [-0.2, 0) is 6.54 Å². The fourth-order valence-electron chi connectivity index (χ4n) is 1.78. The van der Waals surface area contributed by atoms with E-state index in [9.17, 15) is 4.79 Å². The van der Waals surface area contributed by atoms with Crippen molar-refractivity contribution in [3.8, 4) is 5.69 Å². The number of aryl methyl sites for hydroxylation is 1. The van der Waals surface area contributed by atoms with Crippen LogP contribution in [-0.4, -0.2) is 22.4 Å². The summed E-state index contributed by atoms with van der Waals surface area (Å²) in [5, 5.41) is 9.95. The molecule has 2 amide bonds. The minimum absolute atomic E-state index is 0.158. The molecule has 0 aliphatic heterocycles. The average Bonchev–Trinajstić information content (AvgIpc) is 2.79. The van der Waals surface area contributed by atoms with Crippen molar-refractivity contribution < 1.29 is 4.79 Å². The second kappa shape index (κ2) is 6.04. The number of hydrogen-bond acceptors (Lipinski definition) is 2. The molecule has 0 spiro atoms. The lowest BCUT2D eigenvalue weighted by atomic mass is 10.2. The third-order valence-electron chi connectivity index (χ3n) is 2.80. The van der Waals surface area contributed by atoms with Gasteiger partial charge in [-0.1, -0.05) is 18.2 Å². The highest BCUT2D eigenvalue weighted by Crippen LogP contribution is 2.11. The number of para-hydroxylation sites is 1. The van der Waals surface area contributed by atoms with Gasteiger partial charge in [0.05, 0.1) is 11.4 Å². The molecule has 2 N–H and O–H groups in total. The monoisotopic (exact) mass is 258 g/mol. The lowest BCUT2D eigenvalue weighted by molar-refractivity contribution is 0.241. The van der Waals surface area contributed by atoms with Crippen molar-refractivity contribution in [1.82, 2.24) is 20.4 Å². The van der Waals surface area contributed by atoms with E-state index < -0.39 is 0 Å². The van der Waals surface area contributed by atoms with Crippen LogP contribution in [0.4, 0.5) is 4.79 Å². The summed E-state index contributed by atoms with van der Waals surface area (Å²) < 4.78 is 1.82. The first kappa shape index (κ1) is 13.1. The Morgan fingerprint density at radius 3 is 2.68 bits per heavy atom. The van der Waals surface area contributed by atoms with Crippen LogP contribution in [0.1, 0.15) is 18.2 Å². The number of rotatable bonds is 4. The van der Waals surface area contributed by atoms with Gasteiger partial charge in [0, 0.05) is 24.8 Å². The predicted octanol–water partition coefficient (Wildman–Crippen LogP) is 2.00. The second-order valence-electron chi connectivity index (χ2n) is 4.23. The Labute approximate surface area is 112 Å². The zero-order valence-electron chi connectivity index (χ0n) is 11.2. The summed E-state index contributed by atoms with van der Waals surface area (Å²) in [6, 6.07) is 9.74. The maximum atomic E-state index is 11.4. The molecule has 0 aliphatic carbocycles. The van der Waals surface area contributed by atoms with Crippen molar-refractivity contribution >= 4 is 6.03 Å². The Bertz CT molecular complexity index is 548. The fraction of sp³-hybridized carbons (Fsp3) is 0.286. The van der Waals surface area contributed by atoms with Gasteiger partial charge in [-0.25, -0.2) is 9.48 Å². The minimum atomic E-state index is -0.158. The van der Waals surface area contributed by atoms with Gasteiger partial charge in [-0.3, -0.25) is 0 Å². The molecule has 0 saturated heterocycles. The Kier molecular flexibility index (Phi) is 4.18. The second-order valence-corrected chi connectivity index (χ2v) is 4.23. The van der Waals surface area contributed by atoms with E-state index in [0.717, 1.165) is 16.9 Å². The van der Waals surface area contributed by atoms with Crippen molar-refractivity contribution in [2.45, 2.75) is 20.4 Å². The maximum absolute atomic E-state index is 11.4. The third-order valence-corrected chi connectivity index (χ3v) is 2.80. The zero-order valence-corrected chi connectivity index (χ0v) is 11.2. The van der Waals surface area contributed by atoms with E-state index in [1.807, 2.05) is 55.1 Å². The van der Waals surface area contributed by atoms with Gasteiger partial charge in [0.25, 0.3) is 0 Å². The van der Waals surface area contributed by atoms with Gasteiger partial charge in [-0.05, 0) is 26.0 Å². The van der Waals surface area contributed by atoms with E-state index in [2.05, 4.69) is 15.7 Å². The van der Waals surface area contributed by atoms with E-state index >= 15 is 0 Å². The van der Waals surface area contributed by atoms with E-state index in [4.69, 9.17) is 0 Å². The van der Waals surface area contributed by atoms with Crippen LogP contribution in [0.2, 0.25) is 0 Å². The minimum Gasteiger partial charge on any atom is -0.338 e. The van der Waals surface area contributed by atoms with Gasteiger partial charge in [-0.2, -0.15) is 5.10 Å². The van der Waals surface area contributed by atoms with Crippen molar-refractivity contribution in [3.05, 3.63) is 47.8 Å². The molecule has 1 aromatic carbocycles. The Morgan fingerprint density at radius 1 is 1.26 bits per heavy atom. The van der Waals surface area contributed by atoms with Crippen molar-refractivity contribution in [2.75, 3.05) is 6.54 Å². The lowest BCUT2D eigenvalue weighted by Crippen LogP contribution is -2.34. The molecule has 0 bridgehead atoms. The van der Waals surface area contributed by atoms with E-state index in [0.29, 0.717) is 13.1 Å². The topological polar surface area (TPSA) is 59.0 Å². The Morgan fingerprint density at radius 2 is 2.00 bits per heavy atom. The summed E-state index contributed by atoms with van der Waals surface area (Å²) in [6.07, 6.45) is 1.94. The van der Waals surface area contributed by atoms with Gasteiger partial charge < -0.3 is 10.6 Å². The smallest absolute Gasteiger partial charge is 0.315 e. The quantitative estimate of drug-likeness (QED) is 0.881. The van der Waals surface area contributed by atoms with Crippen LogP contribution in [0.3, 0.4) is 0 Å². The van der Waals surface area contributed by atoms with Gasteiger partial charge in [-0.15, -0.1) is 0 Å². The zero-order chi connectivity index (χ0) is 13.7. The normalized spacial score (nSPS) is 10.2. The molecule has 2 aromatic rings. The summed E-state index contributed by atoms with van der Waals surface area (Å²) >= 11 is 0. The molecular weight excluding hydrogens is 240 g/mol. The first-order valence-electron chi connectivity index (χ1n) is 6.33. The highest BCUT2D eigenvalue weighted by atomic mass is 16.2. The number of hydrogen-bond donors (Lipinski definition) is 2. The Balaban J connectivity index is 2.07. The number of aromatic nitrogens is 2. The largest absolute Gasteiger partial charge is 0.338 e. The maximum Gasteiger partial charge on any atom is 0.315 e. The molecule has 19 heavy (non-hydrogen) atoms. The molecule has 1 heterocycles. The van der Waals surface area contributed by atoms with Crippen LogP contribution in [0.5, 0.6) is 0 Å². The van der Waals surface area contributed by atoms with Crippen molar-refractivity contribution in [3.63, 3.8) is 0 Å². The molecule has 1 aromatic heterocycles. The van der Waals surface area contributed by atoms with Crippen LogP contribution in [0.25, 0.3) is 5.69 Å². The number of carbonyl (C=O) groups is 1. The van der Waals surface area contributed by atoms with Crippen LogP contribution in [0.15, 0.2) is 36.5 Å². The SMILES string of the molecule is CCNC(=O)NCc1cn(-c2ccccc2)nc1C. The molecule has 2 rings (SSSR count). The first-order valence-corrected chi connectivity index (χ1v) is 6.33. The van der Waals surface area contributed by atoms with Gasteiger partial charge in [0.1, 0.15) is 0 Å². The molecule has 0 unspecified atom stereocenters. The molecular formula is C14H18N4O. The van der Waals surface area contributed by atoms with Crippen molar-refractivity contribution in [1.29, 1.82) is 0 Å². The summed E-state index contributed by atoms with van der Waals surface area (Å²) in [5.41, 5.74) is 2.94. The predicted molar refractivity (Wildman–Crippen MR) is 74.2 cm³/mol. The highest BCUT2D eigenvalue weighted by Gasteiger charge is 2.07. The summed E-state index contributed by atoms with van der Waals surface area (Å²) in [6.45, 7) is 4.92. The molecule has 0 radical (unpaired) electrons. The number of benzene rings is 1. The first-order chi connectivity index (χ1) is 9.20. The molecule has 0 fully saturated rings. The number of carbonyl (C=O) groups excluding carboxylic acids is 1. The number of urea groups is 1. The standard InChI is InChI=1S/C14H18N4O/c1-3-15-14(19)16-9-12-10-18(17-11(12)2)13-7-5-4-6-8-13/h4-8,10H,3,9H2,1-2H3,(H2,15,16,19). The van der Waals surface area contributed by atoms with Gasteiger partial charge in [0.15, 0.2) is 0 Å². The fourth-order valence-corrected chi connectivity index (χ4v) is 1.78. The number of nitrogens with one attached hydrogen (secondary N) is 2. The third kappa shape index (κ3) is 3.34. The van der Waals surface area contributed by atoms with Gasteiger partial charge >= 0.3 is 6.03 Å². The van der Waals surface area contributed by atoms with Crippen LogP contribution < -0.4 is 10.6 Å². The molecule has 0 aliphatic rings. The molecule has 0 atom stereocenters. The molecule has 0 saturated carbocycles. The average molecular weight is 258 g/mol. The van der Waals surface area contributed by atoms with Gasteiger partial charge in [0.2, 0.25) is 0 Å². The Hall–Kier alpha value is -2.30. The molecule has 100 valence electrons. The number of amides is 2. The van der Waals surface area contributed by atoms with E-state index in [1.54, 1.807) is 0 Å². The van der Waals surface area contributed by atoms with Crippen molar-refractivity contribution in [2.24, 2.45) is 0 Å². The number of nitrogens with zero attached hydrogens (tertiary/aromatic N) is 2. The van der Waals surface area contributed by atoms with Crippen LogP contribution in [0, 0.1) is 6.92 Å². The molecule has 5 heteroatoms. The van der Waals surface area contributed by atoms with Crippen LogP contribution >= 0.6 is 0 Å². The lowest BCUT2D eigenvalue weighted by Gasteiger charge is -2.04. The van der Waals surface area contributed by atoms with E-state index in [1.165, 1.54) is 0 Å². The van der Waals surface area contributed by atoms with E-state index in [-0.39, 0.29) is 6.03 Å².